The Hall–Kier alpha value is -2.70. The summed E-state index contributed by atoms with van der Waals surface area (Å²) < 4.78 is 20.4. The first-order valence-electron chi connectivity index (χ1n) is 9.63. The molecule has 0 aliphatic rings. The van der Waals surface area contributed by atoms with E-state index in [0.717, 1.165) is 20.3 Å². The van der Waals surface area contributed by atoms with Crippen LogP contribution in [0.25, 0.3) is 6.08 Å². The molecule has 0 heterocycles. The van der Waals surface area contributed by atoms with E-state index in [4.69, 9.17) is 4.74 Å². The molecule has 3 aromatic carbocycles. The first-order chi connectivity index (χ1) is 15.3. The van der Waals surface area contributed by atoms with Gasteiger partial charge < -0.3 is 10.1 Å². The monoisotopic (exact) mass is 604 g/mol. The second-order valence-corrected chi connectivity index (χ2v) is 9.17. The number of benzene rings is 3. The number of nitrogens with zero attached hydrogens (tertiary/aromatic N) is 1. The topological polar surface area (TPSA) is 62.1 Å². The molecule has 4 nitrogen and oxygen atoms in total. The van der Waals surface area contributed by atoms with Crippen molar-refractivity contribution < 1.29 is 13.9 Å². The Morgan fingerprint density at radius 3 is 2.50 bits per heavy atom. The Morgan fingerprint density at radius 1 is 1.16 bits per heavy atom. The Kier molecular flexibility index (Phi) is 8.04. The summed E-state index contributed by atoms with van der Waals surface area (Å²) in [5.74, 6) is -0.140. The number of ether oxygens (including phenoxy) is 1. The van der Waals surface area contributed by atoms with Crippen LogP contribution >= 0.6 is 38.5 Å². The summed E-state index contributed by atoms with van der Waals surface area (Å²) >= 11 is 5.63. The fraction of sp³-hybridized carbons (Fsp3) is 0.120. The molecule has 32 heavy (non-hydrogen) atoms. The zero-order valence-corrected chi connectivity index (χ0v) is 21.1. The molecule has 0 aliphatic carbocycles. The van der Waals surface area contributed by atoms with E-state index < -0.39 is 5.91 Å². The highest BCUT2D eigenvalue weighted by molar-refractivity contribution is 14.1. The fourth-order valence-electron chi connectivity index (χ4n) is 2.87. The molecule has 7 heteroatoms. The molecular weight excluding hydrogens is 586 g/mol. The summed E-state index contributed by atoms with van der Waals surface area (Å²) in [5.41, 5.74) is 4.33. The highest BCUT2D eigenvalue weighted by Crippen LogP contribution is 2.33. The van der Waals surface area contributed by atoms with Crippen molar-refractivity contribution in [1.82, 2.24) is 0 Å². The third kappa shape index (κ3) is 6.17. The Balaban J connectivity index is 1.77. The maximum Gasteiger partial charge on any atom is 0.266 e. The predicted octanol–water partition coefficient (Wildman–Crippen LogP) is 6.93. The van der Waals surface area contributed by atoms with Crippen molar-refractivity contribution >= 4 is 56.2 Å². The number of hydrogen-bond donors (Lipinski definition) is 1. The molecule has 0 aromatic heterocycles. The van der Waals surface area contributed by atoms with Crippen molar-refractivity contribution in [2.75, 3.05) is 5.32 Å². The largest absolute Gasteiger partial charge is 0.487 e. The molecule has 0 bridgehead atoms. The van der Waals surface area contributed by atoms with Crippen LogP contribution in [0.3, 0.4) is 0 Å². The number of hydrogen-bond acceptors (Lipinski definition) is 3. The smallest absolute Gasteiger partial charge is 0.266 e. The molecule has 1 amide bonds. The number of nitriles is 1. The van der Waals surface area contributed by atoms with Crippen LogP contribution in [0, 0.1) is 34.6 Å². The Morgan fingerprint density at radius 2 is 1.88 bits per heavy atom. The van der Waals surface area contributed by atoms with Gasteiger partial charge in [0.2, 0.25) is 0 Å². The average Bonchev–Trinajstić information content (AvgIpc) is 2.75. The van der Waals surface area contributed by atoms with Gasteiger partial charge in [0.25, 0.3) is 5.91 Å². The second kappa shape index (κ2) is 10.7. The van der Waals surface area contributed by atoms with E-state index in [2.05, 4.69) is 43.8 Å². The summed E-state index contributed by atoms with van der Waals surface area (Å²) in [7, 11) is 0. The van der Waals surface area contributed by atoms with Crippen LogP contribution in [0.2, 0.25) is 0 Å². The van der Waals surface area contributed by atoms with Crippen molar-refractivity contribution in [2.24, 2.45) is 0 Å². The van der Waals surface area contributed by atoms with Gasteiger partial charge in [-0.3, -0.25) is 4.79 Å². The highest BCUT2D eigenvalue weighted by atomic mass is 127. The molecular formula is C25H19BrFIN2O2. The van der Waals surface area contributed by atoms with E-state index in [-0.39, 0.29) is 18.0 Å². The SMILES string of the molecule is Cc1ccc(NC(=O)/C(C#N)=C/c2cc(Br)c(OCc3ccc(F)cc3)c(I)c2)cc1C. The average molecular weight is 605 g/mol. The molecule has 0 saturated heterocycles. The lowest BCUT2D eigenvalue weighted by atomic mass is 10.1. The van der Waals surface area contributed by atoms with Gasteiger partial charge in [-0.1, -0.05) is 18.2 Å². The van der Waals surface area contributed by atoms with E-state index >= 15 is 0 Å². The molecule has 0 unspecified atom stereocenters. The molecule has 3 aromatic rings. The van der Waals surface area contributed by atoms with Gasteiger partial charge in [-0.25, -0.2) is 4.39 Å². The number of aryl methyl sites for hydroxylation is 2. The van der Waals surface area contributed by atoms with Crippen molar-refractivity contribution in [2.45, 2.75) is 20.5 Å². The lowest BCUT2D eigenvalue weighted by molar-refractivity contribution is -0.112. The molecule has 1 N–H and O–H groups in total. The van der Waals surface area contributed by atoms with Crippen LogP contribution in [0.1, 0.15) is 22.3 Å². The van der Waals surface area contributed by atoms with Crippen LogP contribution in [-0.2, 0) is 11.4 Å². The summed E-state index contributed by atoms with van der Waals surface area (Å²) in [4.78, 5) is 12.6. The van der Waals surface area contributed by atoms with Crippen LogP contribution in [0.4, 0.5) is 10.1 Å². The molecule has 0 atom stereocenters. The van der Waals surface area contributed by atoms with Crippen molar-refractivity contribution in [3.8, 4) is 11.8 Å². The molecule has 0 spiro atoms. The number of carbonyl (C=O) groups excluding carboxylic acids is 1. The maximum atomic E-state index is 13.1. The van der Waals surface area contributed by atoms with E-state index in [0.29, 0.717) is 21.5 Å². The van der Waals surface area contributed by atoms with Crippen molar-refractivity contribution in [3.63, 3.8) is 0 Å². The number of carbonyl (C=O) groups is 1. The lowest BCUT2D eigenvalue weighted by Gasteiger charge is -2.12. The zero-order chi connectivity index (χ0) is 23.3. The van der Waals surface area contributed by atoms with Crippen LogP contribution in [0.5, 0.6) is 5.75 Å². The van der Waals surface area contributed by atoms with E-state index in [1.807, 2.05) is 44.2 Å². The van der Waals surface area contributed by atoms with Crippen molar-refractivity contribution in [1.29, 1.82) is 5.26 Å². The standard InChI is InChI=1S/C25H19BrFIN2O2/c1-15-3-8-21(9-16(15)2)30-25(31)19(13-29)10-18-11-22(26)24(23(28)12-18)32-14-17-4-6-20(27)7-5-17/h3-12H,14H2,1-2H3,(H,30,31)/b19-10+. The van der Waals surface area contributed by atoms with Gasteiger partial charge in [-0.2, -0.15) is 5.26 Å². The fourth-order valence-corrected chi connectivity index (χ4v) is 4.64. The Labute approximate surface area is 208 Å². The number of halogens is 3. The second-order valence-electron chi connectivity index (χ2n) is 7.15. The number of amides is 1. The third-order valence-electron chi connectivity index (χ3n) is 4.76. The highest BCUT2D eigenvalue weighted by Gasteiger charge is 2.13. The van der Waals surface area contributed by atoms with Crippen LogP contribution in [-0.4, -0.2) is 5.91 Å². The molecule has 0 radical (unpaired) electrons. The third-order valence-corrected chi connectivity index (χ3v) is 6.15. The summed E-state index contributed by atoms with van der Waals surface area (Å²) in [6.45, 7) is 4.24. The zero-order valence-electron chi connectivity index (χ0n) is 17.4. The molecule has 162 valence electrons. The van der Waals surface area contributed by atoms with Gasteiger partial charge in [0.05, 0.1) is 8.04 Å². The van der Waals surface area contributed by atoms with Crippen LogP contribution in [0.15, 0.2) is 64.6 Å². The van der Waals surface area contributed by atoms with Gasteiger partial charge >= 0.3 is 0 Å². The van der Waals surface area contributed by atoms with Crippen molar-refractivity contribution in [3.05, 3.63) is 96.3 Å². The molecule has 0 aliphatic heterocycles. The summed E-state index contributed by atoms with van der Waals surface area (Å²) in [6.07, 6.45) is 1.53. The first kappa shape index (κ1) is 24.0. The van der Waals surface area contributed by atoms with Gasteiger partial charge in [-0.15, -0.1) is 0 Å². The summed E-state index contributed by atoms with van der Waals surface area (Å²) in [6, 6.07) is 17.3. The van der Waals surface area contributed by atoms with E-state index in [1.54, 1.807) is 18.2 Å². The molecule has 0 saturated carbocycles. The molecule has 0 fully saturated rings. The number of anilines is 1. The van der Waals surface area contributed by atoms with E-state index in [1.165, 1.54) is 18.2 Å². The van der Waals surface area contributed by atoms with Gasteiger partial charge in [0, 0.05) is 5.69 Å². The van der Waals surface area contributed by atoms with Gasteiger partial charge in [0.1, 0.15) is 29.8 Å². The Bertz CT molecular complexity index is 1210. The minimum absolute atomic E-state index is 0.00842. The van der Waals surface area contributed by atoms with Crippen LogP contribution < -0.4 is 10.1 Å². The van der Waals surface area contributed by atoms with Gasteiger partial charge in [0.15, 0.2) is 0 Å². The van der Waals surface area contributed by atoms with Gasteiger partial charge in [-0.05, 0) is 117 Å². The predicted molar refractivity (Wildman–Crippen MR) is 136 cm³/mol. The summed E-state index contributed by atoms with van der Waals surface area (Å²) in [5, 5.41) is 12.3. The number of nitrogens with one attached hydrogen (secondary N) is 1. The maximum absolute atomic E-state index is 13.1. The number of rotatable bonds is 6. The quantitative estimate of drug-likeness (QED) is 0.188. The first-order valence-corrected chi connectivity index (χ1v) is 11.5. The van der Waals surface area contributed by atoms with E-state index in [9.17, 15) is 14.4 Å². The minimum atomic E-state index is -0.474. The normalized spacial score (nSPS) is 11.1. The lowest BCUT2D eigenvalue weighted by Crippen LogP contribution is -2.13. The molecule has 3 rings (SSSR count). The minimum Gasteiger partial charge on any atom is -0.487 e.